The molecule has 0 bridgehead atoms. The molecule has 1 fully saturated rings. The molecule has 1 unspecified atom stereocenters. The average molecular weight is 285 g/mol. The van der Waals surface area contributed by atoms with E-state index in [0.29, 0.717) is 24.7 Å². The molecule has 0 saturated carbocycles. The van der Waals surface area contributed by atoms with Crippen molar-refractivity contribution in [1.29, 1.82) is 0 Å². The molecule has 1 atom stereocenters. The molecule has 2 aromatic rings. The van der Waals surface area contributed by atoms with Crippen LogP contribution in [0.4, 0.5) is 5.95 Å². The van der Waals surface area contributed by atoms with Gasteiger partial charge in [-0.2, -0.15) is 12.6 Å². The van der Waals surface area contributed by atoms with Crippen LogP contribution in [0.5, 0.6) is 0 Å². The summed E-state index contributed by atoms with van der Waals surface area (Å²) in [5.41, 5.74) is 1.85. The lowest BCUT2D eigenvalue weighted by Crippen LogP contribution is -2.26. The average Bonchev–Trinajstić information content (AvgIpc) is 2.89. The Labute approximate surface area is 123 Å². The Morgan fingerprint density at radius 2 is 2.05 bits per heavy atom. The lowest BCUT2D eigenvalue weighted by molar-refractivity contribution is -0.117. The molecule has 102 valence electrons. The van der Waals surface area contributed by atoms with Crippen molar-refractivity contribution in [2.75, 3.05) is 17.2 Å². The number of amides is 1. The Bertz CT molecular complexity index is 618. The first-order chi connectivity index (χ1) is 9.78. The molecule has 4 nitrogen and oxygen atoms in total. The first-order valence-corrected chi connectivity index (χ1v) is 7.21. The highest BCUT2D eigenvalue weighted by Crippen LogP contribution is 2.24. The first-order valence-electron chi connectivity index (χ1n) is 6.57. The number of rotatable bonds is 3. The monoisotopic (exact) mass is 285 g/mol. The van der Waals surface area contributed by atoms with Gasteiger partial charge in [0.1, 0.15) is 0 Å². The maximum absolute atomic E-state index is 12.0. The zero-order valence-corrected chi connectivity index (χ0v) is 11.8. The molecule has 0 spiro atoms. The fourth-order valence-electron chi connectivity index (χ4n) is 2.35. The number of carbonyl (C=O) groups is 1. The summed E-state index contributed by atoms with van der Waals surface area (Å²) >= 11 is 4.27. The van der Waals surface area contributed by atoms with E-state index in [9.17, 15) is 4.79 Å². The van der Waals surface area contributed by atoms with E-state index < -0.39 is 0 Å². The molecule has 1 aromatic heterocycles. The third-order valence-corrected chi connectivity index (χ3v) is 3.93. The molecule has 3 rings (SSSR count). The second-order valence-corrected chi connectivity index (χ2v) is 5.23. The molecule has 1 amide bonds. The summed E-state index contributed by atoms with van der Waals surface area (Å²) in [5.74, 6) is 1.56. The van der Waals surface area contributed by atoms with Crippen molar-refractivity contribution in [2.45, 2.75) is 6.42 Å². The van der Waals surface area contributed by atoms with Crippen LogP contribution in [0.15, 0.2) is 42.6 Å². The smallest absolute Gasteiger partial charge is 0.232 e. The lowest BCUT2D eigenvalue weighted by Gasteiger charge is -2.14. The Morgan fingerprint density at radius 1 is 1.25 bits per heavy atom. The Kier molecular flexibility index (Phi) is 3.69. The summed E-state index contributed by atoms with van der Waals surface area (Å²) in [6.45, 7) is 0.653. The lowest BCUT2D eigenvalue weighted by atomic mass is 10.1. The van der Waals surface area contributed by atoms with Crippen molar-refractivity contribution in [1.82, 2.24) is 9.97 Å². The summed E-state index contributed by atoms with van der Waals surface area (Å²) in [5, 5.41) is 0. The number of nitrogens with zero attached hydrogens (tertiary/aromatic N) is 3. The van der Waals surface area contributed by atoms with Crippen molar-refractivity contribution in [3.63, 3.8) is 0 Å². The van der Waals surface area contributed by atoms with E-state index >= 15 is 0 Å². The van der Waals surface area contributed by atoms with Crippen LogP contribution in [-0.2, 0) is 4.79 Å². The molecule has 1 aliphatic rings. The summed E-state index contributed by atoms with van der Waals surface area (Å²) in [4.78, 5) is 22.4. The number of thiol groups is 1. The molecule has 20 heavy (non-hydrogen) atoms. The molecule has 1 aromatic carbocycles. The van der Waals surface area contributed by atoms with Gasteiger partial charge in [-0.15, -0.1) is 0 Å². The van der Waals surface area contributed by atoms with E-state index in [2.05, 4.69) is 22.6 Å². The summed E-state index contributed by atoms with van der Waals surface area (Å²) < 4.78 is 0. The van der Waals surface area contributed by atoms with Gasteiger partial charge in [0.25, 0.3) is 0 Å². The predicted molar refractivity (Wildman–Crippen MR) is 81.8 cm³/mol. The van der Waals surface area contributed by atoms with Gasteiger partial charge in [0, 0.05) is 24.7 Å². The van der Waals surface area contributed by atoms with Gasteiger partial charge in [0.05, 0.1) is 5.69 Å². The minimum absolute atomic E-state index is 0.0780. The Balaban J connectivity index is 1.91. The van der Waals surface area contributed by atoms with Crippen LogP contribution in [0.25, 0.3) is 11.3 Å². The second-order valence-electron chi connectivity index (χ2n) is 4.86. The van der Waals surface area contributed by atoms with Crippen LogP contribution < -0.4 is 4.90 Å². The van der Waals surface area contributed by atoms with Gasteiger partial charge in [-0.1, -0.05) is 30.3 Å². The number of hydrogen-bond donors (Lipinski definition) is 1. The van der Waals surface area contributed by atoms with Gasteiger partial charge < -0.3 is 0 Å². The van der Waals surface area contributed by atoms with E-state index in [4.69, 9.17) is 0 Å². The van der Waals surface area contributed by atoms with Crippen LogP contribution in [0.2, 0.25) is 0 Å². The Morgan fingerprint density at radius 3 is 2.75 bits per heavy atom. The molecular formula is C15H15N3OS. The summed E-state index contributed by atoms with van der Waals surface area (Å²) in [6, 6.07) is 11.7. The number of aromatic nitrogens is 2. The number of anilines is 1. The van der Waals surface area contributed by atoms with Crippen molar-refractivity contribution in [3.05, 3.63) is 42.6 Å². The van der Waals surface area contributed by atoms with Crippen molar-refractivity contribution >= 4 is 24.5 Å². The zero-order chi connectivity index (χ0) is 13.9. The molecule has 0 N–H and O–H groups in total. The molecule has 0 radical (unpaired) electrons. The largest absolute Gasteiger partial charge is 0.280 e. The summed E-state index contributed by atoms with van der Waals surface area (Å²) in [7, 11) is 0. The van der Waals surface area contributed by atoms with Gasteiger partial charge in [0.2, 0.25) is 11.9 Å². The van der Waals surface area contributed by atoms with E-state index in [-0.39, 0.29) is 11.8 Å². The van der Waals surface area contributed by atoms with Gasteiger partial charge in [-0.05, 0) is 17.7 Å². The molecule has 1 aliphatic heterocycles. The third kappa shape index (κ3) is 2.54. The minimum atomic E-state index is 0.0780. The van der Waals surface area contributed by atoms with Crippen LogP contribution in [0, 0.1) is 5.92 Å². The molecule has 5 heteroatoms. The minimum Gasteiger partial charge on any atom is -0.280 e. The molecule has 1 saturated heterocycles. The van der Waals surface area contributed by atoms with Crippen LogP contribution in [0.1, 0.15) is 6.42 Å². The molecular weight excluding hydrogens is 270 g/mol. The van der Waals surface area contributed by atoms with Crippen molar-refractivity contribution in [2.24, 2.45) is 5.92 Å². The highest BCUT2D eigenvalue weighted by atomic mass is 32.1. The fourth-order valence-corrected chi connectivity index (χ4v) is 2.59. The second kappa shape index (κ2) is 5.63. The van der Waals surface area contributed by atoms with Gasteiger partial charge in [0.15, 0.2) is 0 Å². The number of carbonyl (C=O) groups excluding carboxylic acids is 1. The van der Waals surface area contributed by atoms with Crippen LogP contribution in [-0.4, -0.2) is 28.2 Å². The first kappa shape index (κ1) is 13.1. The van der Waals surface area contributed by atoms with Gasteiger partial charge in [-0.25, -0.2) is 9.97 Å². The SMILES string of the molecule is O=C1CC(CS)CN1c1nccc(-c2ccccc2)n1. The van der Waals surface area contributed by atoms with E-state index in [1.165, 1.54) is 0 Å². The highest BCUT2D eigenvalue weighted by Gasteiger charge is 2.31. The predicted octanol–water partition coefficient (Wildman–Crippen LogP) is 2.43. The fraction of sp³-hybridized carbons (Fsp3) is 0.267. The molecule has 2 heterocycles. The normalized spacial score (nSPS) is 18.6. The number of hydrogen-bond acceptors (Lipinski definition) is 4. The maximum Gasteiger partial charge on any atom is 0.232 e. The van der Waals surface area contributed by atoms with Crippen molar-refractivity contribution < 1.29 is 4.79 Å². The van der Waals surface area contributed by atoms with E-state index in [0.717, 1.165) is 11.3 Å². The van der Waals surface area contributed by atoms with E-state index in [1.54, 1.807) is 11.1 Å². The van der Waals surface area contributed by atoms with Crippen LogP contribution in [0.3, 0.4) is 0 Å². The van der Waals surface area contributed by atoms with E-state index in [1.807, 2.05) is 36.4 Å². The topological polar surface area (TPSA) is 46.1 Å². The van der Waals surface area contributed by atoms with Crippen LogP contribution >= 0.6 is 12.6 Å². The molecule has 0 aliphatic carbocycles. The Hall–Kier alpha value is -1.88. The van der Waals surface area contributed by atoms with Gasteiger partial charge >= 0.3 is 0 Å². The standard InChI is InChI=1S/C15H15N3OS/c19-14-8-11(10-20)9-18(14)15-16-7-6-13(17-15)12-4-2-1-3-5-12/h1-7,11,20H,8-10H2. The van der Waals surface area contributed by atoms with Crippen molar-refractivity contribution in [3.8, 4) is 11.3 Å². The quantitative estimate of drug-likeness (QED) is 0.881. The van der Waals surface area contributed by atoms with Gasteiger partial charge in [-0.3, -0.25) is 9.69 Å². The maximum atomic E-state index is 12.0. The summed E-state index contributed by atoms with van der Waals surface area (Å²) in [6.07, 6.45) is 2.23. The number of benzene rings is 1. The zero-order valence-electron chi connectivity index (χ0n) is 10.9. The highest BCUT2D eigenvalue weighted by molar-refractivity contribution is 7.80. The third-order valence-electron chi connectivity index (χ3n) is 3.42.